The third-order valence-electron chi connectivity index (χ3n) is 3.67. The van der Waals surface area contributed by atoms with Crippen LogP contribution in [0.2, 0.25) is 0 Å². The average Bonchev–Trinajstić information content (AvgIpc) is 2.49. The molecule has 0 aliphatic carbocycles. The first-order valence-corrected chi connectivity index (χ1v) is 8.28. The van der Waals surface area contributed by atoms with E-state index in [2.05, 4.69) is 49.6 Å². The summed E-state index contributed by atoms with van der Waals surface area (Å²) in [6, 6.07) is 14.4. The maximum atomic E-state index is 5.61. The SMILES string of the molecule is CCOc1ccccc1NC(=S)N[C@H](C)c1ccc(C)cc1C. The van der Waals surface area contributed by atoms with Crippen molar-refractivity contribution in [3.05, 3.63) is 59.2 Å². The van der Waals surface area contributed by atoms with Crippen LogP contribution >= 0.6 is 12.2 Å². The highest BCUT2D eigenvalue weighted by Crippen LogP contribution is 2.24. The van der Waals surface area contributed by atoms with Gasteiger partial charge in [0.1, 0.15) is 5.75 Å². The van der Waals surface area contributed by atoms with Crippen molar-refractivity contribution >= 4 is 23.0 Å². The van der Waals surface area contributed by atoms with E-state index in [9.17, 15) is 0 Å². The van der Waals surface area contributed by atoms with Gasteiger partial charge in [-0.25, -0.2) is 0 Å². The van der Waals surface area contributed by atoms with Gasteiger partial charge in [0.05, 0.1) is 18.3 Å². The Bertz CT molecular complexity index is 685. The number of nitrogens with one attached hydrogen (secondary N) is 2. The van der Waals surface area contributed by atoms with Crippen LogP contribution in [0.15, 0.2) is 42.5 Å². The summed E-state index contributed by atoms with van der Waals surface area (Å²) in [5.41, 5.74) is 4.66. The average molecular weight is 328 g/mol. The molecule has 0 spiro atoms. The van der Waals surface area contributed by atoms with Crippen molar-refractivity contribution in [3.8, 4) is 5.75 Å². The van der Waals surface area contributed by atoms with E-state index in [0.29, 0.717) is 11.7 Å². The third-order valence-corrected chi connectivity index (χ3v) is 3.89. The topological polar surface area (TPSA) is 33.3 Å². The van der Waals surface area contributed by atoms with Crippen LogP contribution in [0.1, 0.15) is 36.6 Å². The van der Waals surface area contributed by atoms with Crippen molar-refractivity contribution in [2.75, 3.05) is 11.9 Å². The van der Waals surface area contributed by atoms with Crippen molar-refractivity contribution in [3.63, 3.8) is 0 Å². The van der Waals surface area contributed by atoms with E-state index in [0.717, 1.165) is 11.4 Å². The Morgan fingerprint density at radius 3 is 2.61 bits per heavy atom. The van der Waals surface area contributed by atoms with E-state index in [-0.39, 0.29) is 6.04 Å². The van der Waals surface area contributed by atoms with E-state index in [4.69, 9.17) is 17.0 Å². The summed E-state index contributed by atoms with van der Waals surface area (Å²) in [6.45, 7) is 8.93. The summed E-state index contributed by atoms with van der Waals surface area (Å²) < 4.78 is 5.61. The van der Waals surface area contributed by atoms with Gasteiger partial charge in [-0.1, -0.05) is 35.9 Å². The van der Waals surface area contributed by atoms with Gasteiger partial charge in [-0.3, -0.25) is 0 Å². The smallest absolute Gasteiger partial charge is 0.171 e. The fourth-order valence-corrected chi connectivity index (χ4v) is 2.88. The fraction of sp³-hybridized carbons (Fsp3) is 0.316. The lowest BCUT2D eigenvalue weighted by Gasteiger charge is -2.20. The molecule has 2 N–H and O–H groups in total. The van der Waals surface area contributed by atoms with Gasteiger partial charge in [0, 0.05) is 0 Å². The monoisotopic (exact) mass is 328 g/mol. The first-order chi connectivity index (χ1) is 11.0. The molecule has 4 heteroatoms. The first-order valence-electron chi connectivity index (χ1n) is 7.87. The second-order valence-corrected chi connectivity index (χ2v) is 6.02. The molecule has 0 heterocycles. The highest BCUT2D eigenvalue weighted by atomic mass is 32.1. The largest absolute Gasteiger partial charge is 0.492 e. The highest BCUT2D eigenvalue weighted by molar-refractivity contribution is 7.80. The molecule has 0 unspecified atom stereocenters. The van der Waals surface area contributed by atoms with Gasteiger partial charge >= 0.3 is 0 Å². The molecule has 0 aromatic heterocycles. The number of ether oxygens (including phenoxy) is 1. The zero-order chi connectivity index (χ0) is 16.8. The number of hydrogen-bond donors (Lipinski definition) is 2. The molecule has 0 bridgehead atoms. The van der Waals surface area contributed by atoms with E-state index >= 15 is 0 Å². The van der Waals surface area contributed by atoms with Gasteiger partial charge in [-0.05, 0) is 63.2 Å². The van der Waals surface area contributed by atoms with Gasteiger partial charge in [0.2, 0.25) is 0 Å². The number of aryl methyl sites for hydroxylation is 2. The van der Waals surface area contributed by atoms with Gasteiger partial charge in [-0.15, -0.1) is 0 Å². The molecule has 23 heavy (non-hydrogen) atoms. The minimum absolute atomic E-state index is 0.134. The summed E-state index contributed by atoms with van der Waals surface area (Å²) in [5.74, 6) is 0.804. The first kappa shape index (κ1) is 17.3. The normalized spacial score (nSPS) is 11.7. The second kappa shape index (κ2) is 7.97. The number of para-hydroxylation sites is 2. The summed E-state index contributed by atoms with van der Waals surface area (Å²) >= 11 is 5.45. The minimum Gasteiger partial charge on any atom is -0.492 e. The molecule has 0 fully saturated rings. The Labute approximate surface area is 144 Å². The summed E-state index contributed by atoms with van der Waals surface area (Å²) in [6.07, 6.45) is 0. The molecule has 2 aromatic rings. The zero-order valence-electron chi connectivity index (χ0n) is 14.1. The molecule has 0 amide bonds. The Kier molecular flexibility index (Phi) is 5.99. The van der Waals surface area contributed by atoms with E-state index in [1.165, 1.54) is 16.7 Å². The predicted molar refractivity (Wildman–Crippen MR) is 101 cm³/mol. The van der Waals surface area contributed by atoms with Crippen molar-refractivity contribution in [2.24, 2.45) is 0 Å². The Hall–Kier alpha value is -2.07. The molecule has 0 saturated carbocycles. The molecular formula is C19H24N2OS. The minimum atomic E-state index is 0.134. The summed E-state index contributed by atoms with van der Waals surface area (Å²) in [7, 11) is 0. The molecule has 0 radical (unpaired) electrons. The molecule has 0 aliphatic heterocycles. The van der Waals surface area contributed by atoms with E-state index in [1.807, 2.05) is 31.2 Å². The lowest BCUT2D eigenvalue weighted by molar-refractivity contribution is 0.342. The van der Waals surface area contributed by atoms with Crippen LogP contribution < -0.4 is 15.4 Å². The molecular weight excluding hydrogens is 304 g/mol. The number of hydrogen-bond acceptors (Lipinski definition) is 2. The molecule has 0 aliphatic rings. The van der Waals surface area contributed by atoms with Crippen LogP contribution in [0.25, 0.3) is 0 Å². The number of benzene rings is 2. The molecule has 2 aromatic carbocycles. The lowest BCUT2D eigenvalue weighted by atomic mass is 10.0. The Morgan fingerprint density at radius 1 is 1.17 bits per heavy atom. The Morgan fingerprint density at radius 2 is 1.91 bits per heavy atom. The van der Waals surface area contributed by atoms with Crippen LogP contribution in [-0.2, 0) is 0 Å². The third kappa shape index (κ3) is 4.70. The van der Waals surface area contributed by atoms with Crippen molar-refractivity contribution in [1.82, 2.24) is 5.32 Å². The van der Waals surface area contributed by atoms with Crippen LogP contribution in [0.3, 0.4) is 0 Å². The molecule has 3 nitrogen and oxygen atoms in total. The lowest BCUT2D eigenvalue weighted by Crippen LogP contribution is -2.31. The quantitative estimate of drug-likeness (QED) is 0.776. The van der Waals surface area contributed by atoms with Gasteiger partial charge in [-0.2, -0.15) is 0 Å². The maximum absolute atomic E-state index is 5.61. The fourth-order valence-electron chi connectivity index (χ4n) is 2.60. The predicted octanol–water partition coefficient (Wildman–Crippen LogP) is 4.75. The van der Waals surface area contributed by atoms with Crippen molar-refractivity contribution < 1.29 is 4.74 Å². The van der Waals surface area contributed by atoms with Gasteiger partial charge in [0.15, 0.2) is 5.11 Å². The number of rotatable bonds is 5. The number of anilines is 1. The van der Waals surface area contributed by atoms with Crippen LogP contribution in [0.4, 0.5) is 5.69 Å². The zero-order valence-corrected chi connectivity index (χ0v) is 15.0. The maximum Gasteiger partial charge on any atom is 0.171 e. The van der Waals surface area contributed by atoms with Gasteiger partial charge < -0.3 is 15.4 Å². The number of thiocarbonyl (C=S) groups is 1. The highest BCUT2D eigenvalue weighted by Gasteiger charge is 2.11. The summed E-state index contributed by atoms with van der Waals surface area (Å²) in [4.78, 5) is 0. The Balaban J connectivity index is 2.04. The van der Waals surface area contributed by atoms with Crippen LogP contribution in [0, 0.1) is 13.8 Å². The van der Waals surface area contributed by atoms with E-state index < -0.39 is 0 Å². The molecule has 122 valence electrons. The van der Waals surface area contributed by atoms with Crippen molar-refractivity contribution in [2.45, 2.75) is 33.7 Å². The molecule has 2 rings (SSSR count). The molecule has 0 saturated heterocycles. The van der Waals surface area contributed by atoms with Crippen LogP contribution in [0.5, 0.6) is 5.75 Å². The van der Waals surface area contributed by atoms with E-state index in [1.54, 1.807) is 0 Å². The standard InChI is InChI=1S/C19H24N2OS/c1-5-22-18-9-7-6-8-17(18)21-19(23)20-15(4)16-11-10-13(2)12-14(16)3/h6-12,15H,5H2,1-4H3,(H2,20,21,23)/t15-/m1/s1. The van der Waals surface area contributed by atoms with Crippen molar-refractivity contribution in [1.29, 1.82) is 0 Å². The van der Waals surface area contributed by atoms with Gasteiger partial charge in [0.25, 0.3) is 0 Å². The summed E-state index contributed by atoms with van der Waals surface area (Å²) in [5, 5.41) is 7.15. The molecule has 1 atom stereocenters. The second-order valence-electron chi connectivity index (χ2n) is 5.61. The van der Waals surface area contributed by atoms with Crippen LogP contribution in [-0.4, -0.2) is 11.7 Å².